The highest BCUT2D eigenvalue weighted by molar-refractivity contribution is 9.10. The maximum absolute atomic E-state index is 4.22. The first kappa shape index (κ1) is 10.2. The predicted octanol–water partition coefficient (Wildman–Crippen LogP) is 2.98. The summed E-state index contributed by atoms with van der Waals surface area (Å²) in [7, 11) is 1.87. The number of hydrogen-bond acceptors (Lipinski definition) is 2. The summed E-state index contributed by atoms with van der Waals surface area (Å²) in [6.07, 6.45) is 3.73. The van der Waals surface area contributed by atoms with Gasteiger partial charge in [-0.05, 0) is 24.6 Å². The van der Waals surface area contributed by atoms with Crippen molar-refractivity contribution < 1.29 is 0 Å². The lowest BCUT2D eigenvalue weighted by atomic mass is 10.2. The molecule has 1 aromatic carbocycles. The Morgan fingerprint density at radius 1 is 1.40 bits per heavy atom. The van der Waals surface area contributed by atoms with Crippen molar-refractivity contribution in [1.82, 2.24) is 9.55 Å². The first-order valence-electron chi connectivity index (χ1n) is 4.70. The standard InChI is InChI=1S/C11H12BrN3/c1-8-3-4-9(12)7-10(8)15-6-5-14-11(15)13-2/h3-7H,1-2H3,(H,13,14). The van der Waals surface area contributed by atoms with Crippen LogP contribution < -0.4 is 5.32 Å². The van der Waals surface area contributed by atoms with Gasteiger partial charge in [0.2, 0.25) is 5.95 Å². The van der Waals surface area contributed by atoms with Gasteiger partial charge >= 0.3 is 0 Å². The van der Waals surface area contributed by atoms with Gasteiger partial charge in [0.1, 0.15) is 0 Å². The third-order valence-corrected chi connectivity index (χ3v) is 2.79. The van der Waals surface area contributed by atoms with Gasteiger partial charge in [0, 0.05) is 23.9 Å². The Morgan fingerprint density at radius 2 is 2.20 bits per heavy atom. The molecule has 0 aliphatic heterocycles. The molecule has 1 N–H and O–H groups in total. The third kappa shape index (κ3) is 1.90. The fraction of sp³-hybridized carbons (Fsp3) is 0.182. The van der Waals surface area contributed by atoms with Crippen LogP contribution in [0.3, 0.4) is 0 Å². The van der Waals surface area contributed by atoms with Crippen LogP contribution in [0.4, 0.5) is 5.95 Å². The Kier molecular flexibility index (Phi) is 2.77. The van der Waals surface area contributed by atoms with E-state index in [0.29, 0.717) is 0 Å². The molecule has 2 aromatic rings. The van der Waals surface area contributed by atoms with Crippen LogP contribution in [0.1, 0.15) is 5.56 Å². The summed E-state index contributed by atoms with van der Waals surface area (Å²) >= 11 is 3.47. The Morgan fingerprint density at radius 3 is 2.93 bits per heavy atom. The zero-order chi connectivity index (χ0) is 10.8. The Hall–Kier alpha value is -1.29. The minimum absolute atomic E-state index is 0.844. The number of nitrogens with one attached hydrogen (secondary N) is 1. The summed E-state index contributed by atoms with van der Waals surface area (Å²) in [5.74, 6) is 0.844. The lowest BCUT2D eigenvalue weighted by Crippen LogP contribution is -2.02. The summed E-state index contributed by atoms with van der Waals surface area (Å²) in [4.78, 5) is 4.22. The van der Waals surface area contributed by atoms with Crippen molar-refractivity contribution in [3.05, 3.63) is 40.6 Å². The number of aryl methyl sites for hydroxylation is 1. The Balaban J connectivity index is 2.58. The molecule has 0 fully saturated rings. The second-order valence-electron chi connectivity index (χ2n) is 3.30. The van der Waals surface area contributed by atoms with Crippen LogP contribution >= 0.6 is 15.9 Å². The smallest absolute Gasteiger partial charge is 0.207 e. The van der Waals surface area contributed by atoms with E-state index < -0.39 is 0 Å². The molecular formula is C11H12BrN3. The average molecular weight is 266 g/mol. The Bertz CT molecular complexity index is 476. The van der Waals surface area contributed by atoms with E-state index in [0.717, 1.165) is 16.1 Å². The third-order valence-electron chi connectivity index (χ3n) is 2.30. The highest BCUT2D eigenvalue weighted by Gasteiger charge is 2.05. The molecule has 4 heteroatoms. The normalized spacial score (nSPS) is 10.3. The molecular weight excluding hydrogens is 254 g/mol. The van der Waals surface area contributed by atoms with E-state index >= 15 is 0 Å². The average Bonchev–Trinajstić information content (AvgIpc) is 2.69. The Labute approximate surface area is 97.3 Å². The van der Waals surface area contributed by atoms with Crippen molar-refractivity contribution in [2.24, 2.45) is 0 Å². The van der Waals surface area contributed by atoms with Crippen molar-refractivity contribution >= 4 is 21.9 Å². The van der Waals surface area contributed by atoms with Crippen LogP contribution in [0, 0.1) is 6.92 Å². The zero-order valence-corrected chi connectivity index (χ0v) is 10.2. The number of nitrogens with zero attached hydrogens (tertiary/aromatic N) is 2. The van der Waals surface area contributed by atoms with Crippen LogP contribution in [0.2, 0.25) is 0 Å². The van der Waals surface area contributed by atoms with Crippen LogP contribution in [0.15, 0.2) is 35.1 Å². The van der Waals surface area contributed by atoms with E-state index in [1.54, 1.807) is 6.20 Å². The van der Waals surface area contributed by atoms with E-state index in [4.69, 9.17) is 0 Å². The van der Waals surface area contributed by atoms with Gasteiger partial charge < -0.3 is 5.32 Å². The molecule has 0 aliphatic rings. The molecule has 0 aliphatic carbocycles. The number of benzene rings is 1. The van der Waals surface area contributed by atoms with Crippen LogP contribution in [-0.2, 0) is 0 Å². The van der Waals surface area contributed by atoms with Crippen molar-refractivity contribution in [3.63, 3.8) is 0 Å². The number of imidazole rings is 1. The second-order valence-corrected chi connectivity index (χ2v) is 4.22. The molecule has 15 heavy (non-hydrogen) atoms. The van der Waals surface area contributed by atoms with Gasteiger partial charge in [0.25, 0.3) is 0 Å². The van der Waals surface area contributed by atoms with Crippen molar-refractivity contribution in [2.45, 2.75) is 6.92 Å². The lowest BCUT2D eigenvalue weighted by molar-refractivity contribution is 1.04. The van der Waals surface area contributed by atoms with Gasteiger partial charge in [-0.15, -0.1) is 0 Å². The molecule has 0 bridgehead atoms. The second kappa shape index (κ2) is 4.06. The fourth-order valence-corrected chi connectivity index (χ4v) is 1.87. The van der Waals surface area contributed by atoms with Crippen LogP contribution in [0.5, 0.6) is 0 Å². The molecule has 0 amide bonds. The van der Waals surface area contributed by atoms with Crippen LogP contribution in [0.25, 0.3) is 5.69 Å². The molecule has 1 heterocycles. The molecule has 0 saturated carbocycles. The molecule has 1 aromatic heterocycles. The quantitative estimate of drug-likeness (QED) is 0.905. The monoisotopic (exact) mass is 265 g/mol. The molecule has 0 radical (unpaired) electrons. The topological polar surface area (TPSA) is 29.9 Å². The summed E-state index contributed by atoms with van der Waals surface area (Å²) in [6, 6.07) is 6.20. The summed E-state index contributed by atoms with van der Waals surface area (Å²) in [5, 5.41) is 3.06. The predicted molar refractivity (Wildman–Crippen MR) is 65.5 cm³/mol. The van der Waals surface area contributed by atoms with Crippen LogP contribution in [-0.4, -0.2) is 16.6 Å². The van der Waals surface area contributed by atoms with E-state index in [-0.39, 0.29) is 0 Å². The summed E-state index contributed by atoms with van der Waals surface area (Å²) < 4.78 is 3.10. The highest BCUT2D eigenvalue weighted by atomic mass is 79.9. The van der Waals surface area contributed by atoms with Gasteiger partial charge in [-0.25, -0.2) is 4.98 Å². The minimum atomic E-state index is 0.844. The maximum atomic E-state index is 4.22. The lowest BCUT2D eigenvalue weighted by Gasteiger charge is -2.10. The number of anilines is 1. The summed E-state index contributed by atoms with van der Waals surface area (Å²) in [5.41, 5.74) is 2.35. The molecule has 0 atom stereocenters. The number of hydrogen-bond donors (Lipinski definition) is 1. The van der Waals surface area contributed by atoms with E-state index in [9.17, 15) is 0 Å². The number of aromatic nitrogens is 2. The van der Waals surface area contributed by atoms with Crippen molar-refractivity contribution in [3.8, 4) is 5.69 Å². The maximum Gasteiger partial charge on any atom is 0.207 e. The van der Waals surface area contributed by atoms with Crippen molar-refractivity contribution in [2.75, 3.05) is 12.4 Å². The van der Waals surface area contributed by atoms with E-state index in [2.05, 4.69) is 45.3 Å². The highest BCUT2D eigenvalue weighted by Crippen LogP contribution is 2.22. The van der Waals surface area contributed by atoms with Gasteiger partial charge in [0.05, 0.1) is 5.69 Å². The molecule has 0 saturated heterocycles. The van der Waals surface area contributed by atoms with Gasteiger partial charge in [-0.3, -0.25) is 4.57 Å². The summed E-state index contributed by atoms with van der Waals surface area (Å²) in [6.45, 7) is 2.08. The molecule has 3 nitrogen and oxygen atoms in total. The molecule has 78 valence electrons. The molecule has 2 rings (SSSR count). The van der Waals surface area contributed by atoms with Gasteiger partial charge in [0.15, 0.2) is 0 Å². The number of rotatable bonds is 2. The van der Waals surface area contributed by atoms with Gasteiger partial charge in [-0.1, -0.05) is 22.0 Å². The first-order valence-corrected chi connectivity index (χ1v) is 5.49. The van der Waals surface area contributed by atoms with Crippen molar-refractivity contribution in [1.29, 1.82) is 0 Å². The number of halogens is 1. The minimum Gasteiger partial charge on any atom is -0.358 e. The van der Waals surface area contributed by atoms with E-state index in [1.165, 1.54) is 5.56 Å². The van der Waals surface area contributed by atoms with E-state index in [1.807, 2.05) is 23.9 Å². The fourth-order valence-electron chi connectivity index (χ4n) is 1.52. The molecule has 0 spiro atoms. The first-order chi connectivity index (χ1) is 7.22. The SMILES string of the molecule is CNc1nccn1-c1cc(Br)ccc1C. The largest absolute Gasteiger partial charge is 0.358 e. The zero-order valence-electron chi connectivity index (χ0n) is 8.66. The van der Waals surface area contributed by atoms with Gasteiger partial charge in [-0.2, -0.15) is 0 Å². The molecule has 0 unspecified atom stereocenters.